The number of fused-ring (bicyclic) bond motifs is 1. The average molecular weight is 232 g/mol. The summed E-state index contributed by atoms with van der Waals surface area (Å²) in [4.78, 5) is 14.9. The fourth-order valence-corrected chi connectivity index (χ4v) is 1.98. The largest absolute Gasteiger partial charge is 0.437 e. The molecule has 0 saturated carbocycles. The minimum Gasteiger partial charge on any atom is -0.437 e. The maximum absolute atomic E-state index is 10.3. The second-order valence-corrected chi connectivity index (χ2v) is 3.67. The first-order valence-corrected chi connectivity index (χ1v) is 4.41. The second-order valence-electron chi connectivity index (χ2n) is 1.89. The highest BCUT2D eigenvalue weighted by Crippen LogP contribution is 2.27. The van der Waals surface area contributed by atoms with Gasteiger partial charge in [0, 0.05) is 6.07 Å². The van der Waals surface area contributed by atoms with Crippen LogP contribution in [-0.4, -0.2) is 11.3 Å². The summed E-state index contributed by atoms with van der Waals surface area (Å²) in [5, 5.41) is 0.450. The van der Waals surface area contributed by atoms with Gasteiger partial charge in [-0.3, -0.25) is 4.79 Å². The van der Waals surface area contributed by atoms with Crippen LogP contribution in [0, 0.1) is 0 Å². The molecule has 0 radical (unpaired) electrons. The van der Waals surface area contributed by atoms with Crippen LogP contribution in [0.5, 0.6) is 0 Å². The van der Waals surface area contributed by atoms with Crippen molar-refractivity contribution in [1.82, 2.24) is 4.98 Å². The number of halogens is 1. The lowest BCUT2D eigenvalue weighted by atomic mass is 10.6. The van der Waals surface area contributed by atoms with Gasteiger partial charge in [-0.2, -0.15) is 0 Å². The Labute approximate surface area is 74.2 Å². The monoisotopic (exact) mass is 231 g/mol. The third-order valence-electron chi connectivity index (χ3n) is 1.18. The molecule has 0 atom stereocenters. The number of furan rings is 1. The first-order valence-electron chi connectivity index (χ1n) is 2.80. The summed E-state index contributed by atoms with van der Waals surface area (Å²) in [6, 6.07) is 1.73. The number of rotatable bonds is 1. The van der Waals surface area contributed by atoms with Crippen molar-refractivity contribution in [2.75, 3.05) is 0 Å². The molecule has 3 nitrogen and oxygen atoms in total. The van der Waals surface area contributed by atoms with E-state index in [1.807, 2.05) is 0 Å². The topological polar surface area (TPSA) is 43.1 Å². The molecule has 0 aliphatic rings. The molecule has 0 fully saturated rings. The van der Waals surface area contributed by atoms with Crippen molar-refractivity contribution in [2.45, 2.75) is 0 Å². The smallest absolute Gasteiger partial charge is 0.209 e. The molecule has 0 spiro atoms. The van der Waals surface area contributed by atoms with Crippen molar-refractivity contribution in [1.29, 1.82) is 0 Å². The van der Waals surface area contributed by atoms with Crippen molar-refractivity contribution in [3.05, 3.63) is 15.7 Å². The van der Waals surface area contributed by atoms with E-state index in [4.69, 9.17) is 4.42 Å². The van der Waals surface area contributed by atoms with Gasteiger partial charge in [-0.25, -0.2) is 4.98 Å². The molecule has 5 heteroatoms. The highest BCUT2D eigenvalue weighted by atomic mass is 79.9. The van der Waals surface area contributed by atoms with Crippen LogP contribution >= 0.6 is 27.3 Å². The predicted octanol–water partition coefficient (Wildman–Crippen LogP) is 2.46. The Morgan fingerprint density at radius 3 is 3.18 bits per heavy atom. The van der Waals surface area contributed by atoms with E-state index in [0.717, 1.165) is 5.52 Å². The molecule has 11 heavy (non-hydrogen) atoms. The Bertz CT molecular complexity index is 374. The van der Waals surface area contributed by atoms with Crippen LogP contribution in [0.15, 0.2) is 15.2 Å². The van der Waals surface area contributed by atoms with Gasteiger partial charge in [0.2, 0.25) is 4.90 Å². The maximum Gasteiger partial charge on any atom is 0.209 e. The van der Waals surface area contributed by atoms with E-state index in [9.17, 15) is 4.79 Å². The molecule has 56 valence electrons. The molecule has 0 bridgehead atoms. The summed E-state index contributed by atoms with van der Waals surface area (Å²) in [6.45, 7) is 0. The minimum absolute atomic E-state index is 0.450. The number of hydrogen-bond acceptors (Lipinski definition) is 4. The zero-order valence-electron chi connectivity index (χ0n) is 5.20. The van der Waals surface area contributed by atoms with Crippen LogP contribution in [0.25, 0.3) is 10.4 Å². The van der Waals surface area contributed by atoms with Crippen LogP contribution in [-0.2, 0) is 0 Å². The summed E-state index contributed by atoms with van der Waals surface area (Å²) in [6.07, 6.45) is 0.716. The van der Waals surface area contributed by atoms with Crippen molar-refractivity contribution in [3.8, 4) is 0 Å². The van der Waals surface area contributed by atoms with Gasteiger partial charge in [-0.05, 0) is 15.9 Å². The first kappa shape index (κ1) is 7.00. The van der Waals surface area contributed by atoms with Gasteiger partial charge >= 0.3 is 0 Å². The van der Waals surface area contributed by atoms with E-state index >= 15 is 0 Å². The third kappa shape index (κ3) is 1.10. The second kappa shape index (κ2) is 2.42. The number of thiazole rings is 1. The summed E-state index contributed by atoms with van der Waals surface area (Å²) < 4.78 is 5.81. The fraction of sp³-hybridized carbons (Fsp3) is 0. The highest BCUT2D eigenvalue weighted by Gasteiger charge is 2.07. The van der Waals surface area contributed by atoms with Crippen LogP contribution in [0.1, 0.15) is 9.80 Å². The Morgan fingerprint density at radius 2 is 2.55 bits per heavy atom. The molecule has 0 N–H and O–H groups in total. The molecule has 2 aromatic heterocycles. The third-order valence-corrected chi connectivity index (χ3v) is 2.44. The first-order chi connectivity index (χ1) is 5.29. The van der Waals surface area contributed by atoms with Crippen LogP contribution in [0.3, 0.4) is 0 Å². The summed E-state index contributed by atoms with van der Waals surface area (Å²) in [5.74, 6) is 0. The van der Waals surface area contributed by atoms with Gasteiger partial charge in [0.05, 0.1) is 0 Å². The Morgan fingerprint density at radius 1 is 1.73 bits per heavy atom. The zero-order chi connectivity index (χ0) is 7.84. The van der Waals surface area contributed by atoms with E-state index in [1.165, 1.54) is 11.3 Å². The molecule has 0 aromatic carbocycles. The molecule has 2 aromatic rings. The molecule has 2 heterocycles. The number of carbonyl (C=O) groups excluding carboxylic acids is 1. The SMILES string of the molecule is O=Cc1nc2cc(Br)oc2s1. The number of carbonyl (C=O) groups is 1. The van der Waals surface area contributed by atoms with E-state index in [0.29, 0.717) is 20.9 Å². The Balaban J connectivity index is 2.72. The standard InChI is InChI=1S/C6H2BrNO2S/c7-4-1-3-6(10-4)11-5(2-9)8-3/h1-2H. The molecule has 0 amide bonds. The average Bonchev–Trinajstić information content (AvgIpc) is 2.43. The lowest BCUT2D eigenvalue weighted by molar-refractivity contribution is 0.112. The zero-order valence-corrected chi connectivity index (χ0v) is 7.61. The van der Waals surface area contributed by atoms with Gasteiger partial charge in [0.15, 0.2) is 16.0 Å². The maximum atomic E-state index is 10.3. The summed E-state index contributed by atoms with van der Waals surface area (Å²) in [5.41, 5.74) is 0.726. The van der Waals surface area contributed by atoms with E-state index in [2.05, 4.69) is 20.9 Å². The van der Waals surface area contributed by atoms with Crippen molar-refractivity contribution >= 4 is 44.0 Å². The van der Waals surface area contributed by atoms with Gasteiger partial charge in [-0.1, -0.05) is 11.3 Å². The molecule has 0 aliphatic carbocycles. The Hall–Kier alpha value is -0.680. The quantitative estimate of drug-likeness (QED) is 0.709. The lowest BCUT2D eigenvalue weighted by Gasteiger charge is -1.73. The van der Waals surface area contributed by atoms with E-state index < -0.39 is 0 Å². The van der Waals surface area contributed by atoms with Crippen LogP contribution in [0.2, 0.25) is 0 Å². The summed E-state index contributed by atoms with van der Waals surface area (Å²) in [7, 11) is 0. The fourth-order valence-electron chi connectivity index (χ4n) is 0.775. The van der Waals surface area contributed by atoms with Gasteiger partial charge in [0.1, 0.15) is 5.52 Å². The van der Waals surface area contributed by atoms with Crippen molar-refractivity contribution in [3.63, 3.8) is 0 Å². The molecule has 0 unspecified atom stereocenters. The number of aromatic nitrogens is 1. The number of hydrogen-bond donors (Lipinski definition) is 0. The highest BCUT2D eigenvalue weighted by molar-refractivity contribution is 9.10. The van der Waals surface area contributed by atoms with Gasteiger partial charge < -0.3 is 4.42 Å². The van der Waals surface area contributed by atoms with E-state index in [-0.39, 0.29) is 0 Å². The van der Waals surface area contributed by atoms with Gasteiger partial charge in [0.25, 0.3) is 0 Å². The molecule has 0 aliphatic heterocycles. The van der Waals surface area contributed by atoms with Crippen molar-refractivity contribution < 1.29 is 9.21 Å². The van der Waals surface area contributed by atoms with Crippen LogP contribution in [0.4, 0.5) is 0 Å². The van der Waals surface area contributed by atoms with Crippen molar-refractivity contribution in [2.24, 2.45) is 0 Å². The number of aldehydes is 1. The number of nitrogens with zero attached hydrogens (tertiary/aromatic N) is 1. The van der Waals surface area contributed by atoms with Crippen LogP contribution < -0.4 is 0 Å². The Kier molecular flexibility index (Phi) is 1.54. The molecule has 0 saturated heterocycles. The molecule has 2 rings (SSSR count). The summed E-state index contributed by atoms with van der Waals surface area (Å²) >= 11 is 4.40. The lowest BCUT2D eigenvalue weighted by Crippen LogP contribution is -1.71. The molecular formula is C6H2BrNO2S. The minimum atomic E-state index is 0.450. The van der Waals surface area contributed by atoms with E-state index in [1.54, 1.807) is 6.07 Å². The molecular weight excluding hydrogens is 230 g/mol. The normalized spacial score (nSPS) is 10.6. The predicted molar refractivity (Wildman–Crippen MR) is 45.0 cm³/mol. The van der Waals surface area contributed by atoms with Gasteiger partial charge in [-0.15, -0.1) is 0 Å².